The molecule has 21 heavy (non-hydrogen) atoms. The highest BCUT2D eigenvalue weighted by molar-refractivity contribution is 8.00. The number of carbonyl (C=O) groups is 2. The zero-order chi connectivity index (χ0) is 14.7. The van der Waals surface area contributed by atoms with Crippen LogP contribution in [0.15, 0.2) is 41.8 Å². The van der Waals surface area contributed by atoms with Gasteiger partial charge in [0.25, 0.3) is 0 Å². The van der Waals surface area contributed by atoms with E-state index >= 15 is 0 Å². The quantitative estimate of drug-likeness (QED) is 0.943. The smallest absolute Gasteiger partial charge is 0.244 e. The molecule has 0 saturated carbocycles. The van der Waals surface area contributed by atoms with Crippen molar-refractivity contribution in [2.45, 2.75) is 0 Å². The maximum atomic E-state index is 12.1. The van der Waals surface area contributed by atoms with E-state index in [1.165, 1.54) is 11.8 Å². The molecule has 1 aliphatic heterocycles. The molecule has 108 valence electrons. The third-order valence-corrected chi connectivity index (χ3v) is 5.00. The normalized spacial score (nSPS) is 14.5. The molecule has 0 radical (unpaired) electrons. The van der Waals surface area contributed by atoms with Gasteiger partial charge >= 0.3 is 0 Å². The van der Waals surface area contributed by atoms with Crippen LogP contribution < -0.4 is 5.32 Å². The van der Waals surface area contributed by atoms with Crippen LogP contribution in [0.4, 0.5) is 5.69 Å². The van der Waals surface area contributed by atoms with E-state index in [9.17, 15) is 9.59 Å². The average Bonchev–Trinajstić information content (AvgIpc) is 3.12. The van der Waals surface area contributed by atoms with E-state index in [0.29, 0.717) is 11.6 Å². The lowest BCUT2D eigenvalue weighted by atomic mass is 10.1. The molecule has 1 aromatic carbocycles. The van der Waals surface area contributed by atoms with Crippen molar-refractivity contribution in [3.63, 3.8) is 0 Å². The second-order valence-corrected chi connectivity index (χ2v) is 6.54. The maximum Gasteiger partial charge on any atom is 0.244 e. The molecule has 0 spiro atoms. The molecule has 2 aromatic rings. The Balaban J connectivity index is 1.73. The van der Waals surface area contributed by atoms with Gasteiger partial charge in [-0.2, -0.15) is 0 Å². The van der Waals surface area contributed by atoms with Crippen molar-refractivity contribution < 1.29 is 9.59 Å². The molecule has 1 saturated heterocycles. The first-order valence-electron chi connectivity index (χ1n) is 6.52. The van der Waals surface area contributed by atoms with Crippen LogP contribution in [0.25, 0.3) is 10.4 Å². The lowest BCUT2D eigenvalue weighted by molar-refractivity contribution is -0.130. The molecule has 4 nitrogen and oxygen atoms in total. The summed E-state index contributed by atoms with van der Waals surface area (Å²) >= 11 is 3.17. The fourth-order valence-electron chi connectivity index (χ4n) is 2.14. The van der Waals surface area contributed by atoms with E-state index in [4.69, 9.17) is 0 Å². The van der Waals surface area contributed by atoms with Gasteiger partial charge in [-0.25, -0.2) is 0 Å². The van der Waals surface area contributed by atoms with Crippen LogP contribution in [0.5, 0.6) is 0 Å². The van der Waals surface area contributed by atoms with Gasteiger partial charge in [0, 0.05) is 16.1 Å². The lowest BCUT2D eigenvalue weighted by Gasteiger charge is -2.15. The Morgan fingerprint density at radius 2 is 2.10 bits per heavy atom. The van der Waals surface area contributed by atoms with Crippen LogP contribution >= 0.6 is 23.1 Å². The summed E-state index contributed by atoms with van der Waals surface area (Å²) in [6.07, 6.45) is 0. The molecule has 0 atom stereocenters. The Hall–Kier alpha value is -1.79. The Morgan fingerprint density at radius 3 is 2.81 bits per heavy atom. The lowest BCUT2D eigenvalue weighted by Crippen LogP contribution is -2.34. The number of benzene rings is 1. The number of amides is 2. The number of nitrogens with one attached hydrogen (secondary N) is 1. The zero-order valence-electron chi connectivity index (χ0n) is 11.2. The van der Waals surface area contributed by atoms with Gasteiger partial charge < -0.3 is 10.2 Å². The highest BCUT2D eigenvalue weighted by atomic mass is 32.2. The number of thioether (sulfide) groups is 1. The first-order chi connectivity index (χ1) is 10.2. The Morgan fingerprint density at radius 1 is 1.24 bits per heavy atom. The molecule has 6 heteroatoms. The van der Waals surface area contributed by atoms with Gasteiger partial charge in [-0.1, -0.05) is 24.3 Å². The van der Waals surface area contributed by atoms with Gasteiger partial charge in [0.05, 0.1) is 11.6 Å². The van der Waals surface area contributed by atoms with Gasteiger partial charge in [0.15, 0.2) is 0 Å². The summed E-state index contributed by atoms with van der Waals surface area (Å²) in [5, 5.41) is 4.92. The highest BCUT2D eigenvalue weighted by Gasteiger charge is 2.23. The predicted octanol–water partition coefficient (Wildman–Crippen LogP) is 2.89. The molecule has 0 bridgehead atoms. The van der Waals surface area contributed by atoms with E-state index < -0.39 is 0 Å². The fraction of sp³-hybridized carbons (Fsp3) is 0.200. The van der Waals surface area contributed by atoms with Gasteiger partial charge in [-0.15, -0.1) is 23.1 Å². The molecule has 1 fully saturated rings. The molecule has 1 aromatic heterocycles. The van der Waals surface area contributed by atoms with Crippen LogP contribution in [0.2, 0.25) is 0 Å². The molecule has 0 unspecified atom stereocenters. The fourth-order valence-corrected chi connectivity index (χ4v) is 3.81. The molecule has 1 aliphatic rings. The van der Waals surface area contributed by atoms with Crippen molar-refractivity contribution in [3.05, 3.63) is 41.8 Å². The minimum Gasteiger partial charge on any atom is -0.324 e. The summed E-state index contributed by atoms with van der Waals surface area (Å²) in [5.74, 6) is 0.939. The molecular weight excluding hydrogens is 304 g/mol. The molecular formula is C15H14N2O2S2. The van der Waals surface area contributed by atoms with Gasteiger partial charge in [-0.05, 0) is 17.5 Å². The largest absolute Gasteiger partial charge is 0.324 e. The third-order valence-electron chi connectivity index (χ3n) is 3.15. The highest BCUT2D eigenvalue weighted by Crippen LogP contribution is 2.31. The summed E-state index contributed by atoms with van der Waals surface area (Å²) in [6.45, 7) is 0.116. The van der Waals surface area contributed by atoms with E-state index in [1.807, 2.05) is 41.8 Å². The number of nitrogens with zero attached hydrogens (tertiary/aromatic N) is 1. The van der Waals surface area contributed by atoms with E-state index in [1.54, 1.807) is 16.2 Å². The third kappa shape index (κ3) is 3.28. The topological polar surface area (TPSA) is 49.4 Å². The first kappa shape index (κ1) is 14.2. The number of hydrogen-bond acceptors (Lipinski definition) is 4. The van der Waals surface area contributed by atoms with Gasteiger partial charge in [0.2, 0.25) is 11.8 Å². The zero-order valence-corrected chi connectivity index (χ0v) is 12.9. The van der Waals surface area contributed by atoms with Gasteiger partial charge in [-0.3, -0.25) is 9.59 Å². The van der Waals surface area contributed by atoms with Crippen LogP contribution in [-0.2, 0) is 9.59 Å². The predicted molar refractivity (Wildman–Crippen MR) is 87.4 cm³/mol. The molecule has 1 N–H and O–H groups in total. The SMILES string of the molecule is O=C(CN1CSCC1=O)Nc1ccccc1-c1cccs1. The van der Waals surface area contributed by atoms with Crippen LogP contribution in [0, 0.1) is 0 Å². The number of thiophene rings is 1. The van der Waals surface area contributed by atoms with Crippen molar-refractivity contribution in [1.82, 2.24) is 4.90 Å². The summed E-state index contributed by atoms with van der Waals surface area (Å²) in [4.78, 5) is 26.4. The molecule has 2 amide bonds. The standard InChI is InChI=1S/C15H14N2O2S2/c18-14(8-17-10-20-9-15(17)19)16-12-5-2-1-4-11(12)13-6-3-7-21-13/h1-7H,8-10H2,(H,16,18). The minimum absolute atomic E-state index is 0.0293. The second kappa shape index (κ2) is 6.32. The Bertz CT molecular complexity index is 655. The summed E-state index contributed by atoms with van der Waals surface area (Å²) in [7, 11) is 0. The number of rotatable bonds is 4. The van der Waals surface area contributed by atoms with E-state index in [-0.39, 0.29) is 18.4 Å². The molecule has 3 rings (SSSR count). The van der Waals surface area contributed by atoms with Gasteiger partial charge in [0.1, 0.15) is 6.54 Å². The Kier molecular flexibility index (Phi) is 4.26. The first-order valence-corrected chi connectivity index (χ1v) is 8.56. The summed E-state index contributed by atoms with van der Waals surface area (Å²) in [5.41, 5.74) is 1.78. The Labute approximate surface area is 131 Å². The average molecular weight is 318 g/mol. The number of hydrogen-bond donors (Lipinski definition) is 1. The van der Waals surface area contributed by atoms with E-state index in [0.717, 1.165) is 16.1 Å². The van der Waals surface area contributed by atoms with Crippen molar-refractivity contribution >= 4 is 40.6 Å². The van der Waals surface area contributed by atoms with Crippen LogP contribution in [0.1, 0.15) is 0 Å². The molecule has 0 aliphatic carbocycles. The van der Waals surface area contributed by atoms with Crippen molar-refractivity contribution in [1.29, 1.82) is 0 Å². The number of para-hydroxylation sites is 1. The van der Waals surface area contributed by atoms with Crippen LogP contribution in [-0.4, -0.2) is 34.9 Å². The molecule has 2 heterocycles. The summed E-state index contributed by atoms with van der Waals surface area (Å²) in [6, 6.07) is 11.7. The minimum atomic E-state index is -0.158. The monoisotopic (exact) mass is 318 g/mol. The van der Waals surface area contributed by atoms with Crippen molar-refractivity contribution in [3.8, 4) is 10.4 Å². The number of anilines is 1. The second-order valence-electron chi connectivity index (χ2n) is 4.64. The van der Waals surface area contributed by atoms with Crippen molar-refractivity contribution in [2.24, 2.45) is 0 Å². The number of carbonyl (C=O) groups excluding carboxylic acids is 2. The van der Waals surface area contributed by atoms with E-state index in [2.05, 4.69) is 5.32 Å². The summed E-state index contributed by atoms with van der Waals surface area (Å²) < 4.78 is 0. The van der Waals surface area contributed by atoms with Crippen molar-refractivity contribution in [2.75, 3.05) is 23.5 Å². The maximum absolute atomic E-state index is 12.1. The van der Waals surface area contributed by atoms with Crippen LogP contribution in [0.3, 0.4) is 0 Å².